The lowest BCUT2D eigenvalue weighted by molar-refractivity contribution is -0.271. The molecule has 0 aliphatic rings. The molecule has 0 saturated heterocycles. The average Bonchev–Trinajstić information content (AvgIpc) is 1.85. The fraction of sp³-hybridized carbons (Fsp3) is 1.00. The third-order valence-electron chi connectivity index (χ3n) is 0.889. The summed E-state index contributed by atoms with van der Waals surface area (Å²) >= 11 is 0. The summed E-state index contributed by atoms with van der Waals surface area (Å²) in [6, 6.07) is 0. The monoisotopic (exact) mass is 160 g/mol. The third-order valence-corrected chi connectivity index (χ3v) is 0.889. The summed E-state index contributed by atoms with van der Waals surface area (Å²) < 4.78 is 0. The summed E-state index contributed by atoms with van der Waals surface area (Å²) in [4.78, 5) is 4.01. The van der Waals surface area contributed by atoms with Gasteiger partial charge < -0.3 is 0 Å². The van der Waals surface area contributed by atoms with Gasteiger partial charge in [-0.15, -0.1) is 0 Å². The van der Waals surface area contributed by atoms with Crippen LogP contribution in [0, 0.1) is 0 Å². The first-order valence-corrected chi connectivity index (χ1v) is 3.64. The van der Waals surface area contributed by atoms with Crippen molar-refractivity contribution < 1.29 is 10.1 Å². The number of rotatable bonds is 3. The lowest BCUT2D eigenvalue weighted by atomic mass is 10.1. The molecule has 0 aromatic carbocycles. The SMILES string of the molecule is CC(CN=NC(C)(C)C)OO. The van der Waals surface area contributed by atoms with Crippen molar-refractivity contribution in [2.24, 2.45) is 10.2 Å². The van der Waals surface area contributed by atoms with E-state index >= 15 is 0 Å². The summed E-state index contributed by atoms with van der Waals surface area (Å²) in [5.41, 5.74) is -0.144. The van der Waals surface area contributed by atoms with Gasteiger partial charge in [0.1, 0.15) is 6.10 Å². The van der Waals surface area contributed by atoms with Gasteiger partial charge in [0, 0.05) is 0 Å². The first-order valence-electron chi connectivity index (χ1n) is 3.64. The molecular weight excluding hydrogens is 144 g/mol. The van der Waals surface area contributed by atoms with Crippen molar-refractivity contribution in [3.63, 3.8) is 0 Å². The molecule has 0 aromatic rings. The van der Waals surface area contributed by atoms with Crippen molar-refractivity contribution in [3.8, 4) is 0 Å². The topological polar surface area (TPSA) is 54.2 Å². The maximum absolute atomic E-state index is 8.16. The maximum atomic E-state index is 8.16. The minimum absolute atomic E-state index is 0.144. The number of hydrogen-bond acceptors (Lipinski definition) is 4. The van der Waals surface area contributed by atoms with E-state index in [-0.39, 0.29) is 11.6 Å². The lowest BCUT2D eigenvalue weighted by Crippen LogP contribution is -2.12. The summed E-state index contributed by atoms with van der Waals surface area (Å²) in [7, 11) is 0. The minimum Gasteiger partial charge on any atom is -0.251 e. The third kappa shape index (κ3) is 7.42. The van der Waals surface area contributed by atoms with Crippen molar-refractivity contribution in [1.82, 2.24) is 0 Å². The van der Waals surface area contributed by atoms with Crippen LogP contribution >= 0.6 is 0 Å². The predicted molar refractivity (Wildman–Crippen MR) is 42.7 cm³/mol. The normalized spacial score (nSPS) is 15.7. The van der Waals surface area contributed by atoms with E-state index in [0.717, 1.165) is 0 Å². The molecule has 0 bridgehead atoms. The van der Waals surface area contributed by atoms with Crippen LogP contribution in [0.1, 0.15) is 27.7 Å². The van der Waals surface area contributed by atoms with Crippen LogP contribution in [0.5, 0.6) is 0 Å². The minimum atomic E-state index is -0.277. The molecule has 0 spiro atoms. The van der Waals surface area contributed by atoms with Gasteiger partial charge >= 0.3 is 0 Å². The van der Waals surface area contributed by atoms with Gasteiger partial charge in [-0.1, -0.05) is 0 Å². The highest BCUT2D eigenvalue weighted by Crippen LogP contribution is 2.06. The number of hydrogen-bond donors (Lipinski definition) is 1. The highest BCUT2D eigenvalue weighted by atomic mass is 17.1. The molecule has 0 aromatic heterocycles. The Bertz CT molecular complexity index is 129. The van der Waals surface area contributed by atoms with E-state index in [1.165, 1.54) is 0 Å². The van der Waals surface area contributed by atoms with E-state index in [2.05, 4.69) is 15.1 Å². The van der Waals surface area contributed by atoms with Crippen LogP contribution < -0.4 is 0 Å². The Kier molecular flexibility index (Phi) is 4.22. The number of nitrogens with zero attached hydrogens (tertiary/aromatic N) is 2. The van der Waals surface area contributed by atoms with Gasteiger partial charge in [0.05, 0.1) is 12.1 Å². The van der Waals surface area contributed by atoms with Gasteiger partial charge in [0.15, 0.2) is 0 Å². The Labute approximate surface area is 67.2 Å². The summed E-state index contributed by atoms with van der Waals surface area (Å²) in [5, 5.41) is 16.0. The smallest absolute Gasteiger partial charge is 0.111 e. The van der Waals surface area contributed by atoms with Crippen molar-refractivity contribution in [2.45, 2.75) is 39.3 Å². The van der Waals surface area contributed by atoms with Crippen molar-refractivity contribution in [3.05, 3.63) is 0 Å². The van der Waals surface area contributed by atoms with Gasteiger partial charge in [-0.3, -0.25) is 5.26 Å². The van der Waals surface area contributed by atoms with Crippen LogP contribution in [-0.2, 0) is 4.89 Å². The first kappa shape index (κ1) is 10.5. The molecule has 1 atom stereocenters. The van der Waals surface area contributed by atoms with Gasteiger partial charge in [-0.25, -0.2) is 4.89 Å². The van der Waals surface area contributed by atoms with E-state index in [9.17, 15) is 0 Å². The standard InChI is InChI=1S/C7H16N2O2/c1-6(11-10)5-8-9-7(2,3)4/h6,10H,5H2,1-4H3. The van der Waals surface area contributed by atoms with Crippen LogP contribution in [0.2, 0.25) is 0 Å². The molecule has 0 radical (unpaired) electrons. The van der Waals surface area contributed by atoms with Gasteiger partial charge in [-0.05, 0) is 27.7 Å². The maximum Gasteiger partial charge on any atom is 0.111 e. The fourth-order valence-corrected chi connectivity index (χ4v) is 0.401. The average molecular weight is 160 g/mol. The van der Waals surface area contributed by atoms with Crippen LogP contribution in [0.3, 0.4) is 0 Å². The molecule has 0 aliphatic heterocycles. The first-order chi connectivity index (χ1) is 4.95. The molecule has 11 heavy (non-hydrogen) atoms. The van der Waals surface area contributed by atoms with Crippen molar-refractivity contribution in [2.75, 3.05) is 6.54 Å². The highest BCUT2D eigenvalue weighted by Gasteiger charge is 2.06. The van der Waals surface area contributed by atoms with E-state index in [1.54, 1.807) is 6.92 Å². The molecule has 1 N–H and O–H groups in total. The van der Waals surface area contributed by atoms with E-state index in [1.807, 2.05) is 20.8 Å². The summed E-state index contributed by atoms with van der Waals surface area (Å²) in [6.45, 7) is 8.00. The lowest BCUT2D eigenvalue weighted by Gasteiger charge is -2.09. The molecule has 4 nitrogen and oxygen atoms in total. The van der Waals surface area contributed by atoms with Crippen LogP contribution in [0.4, 0.5) is 0 Å². The second kappa shape index (κ2) is 4.41. The Morgan fingerprint density at radius 3 is 2.36 bits per heavy atom. The van der Waals surface area contributed by atoms with E-state index in [4.69, 9.17) is 5.26 Å². The van der Waals surface area contributed by atoms with Gasteiger partial charge in [-0.2, -0.15) is 10.2 Å². The predicted octanol–water partition coefficient (Wildman–Crippen LogP) is 2.12. The van der Waals surface area contributed by atoms with Crippen molar-refractivity contribution in [1.29, 1.82) is 0 Å². The highest BCUT2D eigenvalue weighted by molar-refractivity contribution is 4.67. The van der Waals surface area contributed by atoms with Crippen LogP contribution in [-0.4, -0.2) is 23.4 Å². The summed E-state index contributed by atoms with van der Waals surface area (Å²) in [6.07, 6.45) is -0.277. The molecule has 1 unspecified atom stereocenters. The van der Waals surface area contributed by atoms with Crippen LogP contribution in [0.25, 0.3) is 0 Å². The molecule has 0 fully saturated rings. The Hall–Kier alpha value is -0.480. The van der Waals surface area contributed by atoms with Crippen LogP contribution in [0.15, 0.2) is 10.2 Å². The molecule has 4 heteroatoms. The molecule has 66 valence electrons. The molecule has 0 heterocycles. The van der Waals surface area contributed by atoms with Gasteiger partial charge in [0.2, 0.25) is 0 Å². The summed E-state index contributed by atoms with van der Waals surface area (Å²) in [5.74, 6) is 0. The van der Waals surface area contributed by atoms with E-state index < -0.39 is 0 Å². The zero-order chi connectivity index (χ0) is 8.91. The second-order valence-corrected chi connectivity index (χ2v) is 3.51. The van der Waals surface area contributed by atoms with Gasteiger partial charge in [0.25, 0.3) is 0 Å². The largest absolute Gasteiger partial charge is 0.251 e. The Morgan fingerprint density at radius 1 is 1.45 bits per heavy atom. The zero-order valence-electron chi connectivity index (χ0n) is 7.53. The Morgan fingerprint density at radius 2 is 2.00 bits per heavy atom. The fourth-order valence-electron chi connectivity index (χ4n) is 0.401. The van der Waals surface area contributed by atoms with E-state index in [0.29, 0.717) is 6.54 Å². The van der Waals surface area contributed by atoms with Crippen molar-refractivity contribution >= 4 is 0 Å². The molecule has 0 aliphatic carbocycles. The molecule has 0 amide bonds. The zero-order valence-corrected chi connectivity index (χ0v) is 7.53. The molecule has 0 saturated carbocycles. The molecular formula is C7H16N2O2. The number of azo groups is 1. The quantitative estimate of drug-likeness (QED) is 0.390. The second-order valence-electron chi connectivity index (χ2n) is 3.51. The molecule has 0 rings (SSSR count). The Balaban J connectivity index is 3.61.